The van der Waals surface area contributed by atoms with Crippen molar-refractivity contribution in [2.75, 3.05) is 0 Å². The van der Waals surface area contributed by atoms with E-state index in [-0.39, 0.29) is 0 Å². The fourth-order valence-corrected chi connectivity index (χ4v) is 4.25. The molecule has 0 atom stereocenters. The number of aromatic nitrogens is 1. The molecular formula is C29H25N2O2. The molecule has 5 rings (SSSR count). The largest absolute Gasteiger partial charge is 0.457 e. The Morgan fingerprint density at radius 2 is 1.67 bits per heavy atom. The monoisotopic (exact) mass is 433 g/mol. The number of hydrogen-bond acceptors (Lipinski definition) is 2. The number of primary amides is 1. The van der Waals surface area contributed by atoms with Crippen molar-refractivity contribution in [2.45, 2.75) is 26.3 Å². The van der Waals surface area contributed by atoms with Gasteiger partial charge < -0.3 is 15.0 Å². The van der Waals surface area contributed by atoms with Crippen LogP contribution in [0.3, 0.4) is 0 Å². The van der Waals surface area contributed by atoms with Crippen molar-refractivity contribution in [3.63, 3.8) is 0 Å². The summed E-state index contributed by atoms with van der Waals surface area (Å²) in [4.78, 5) is 12.2. The van der Waals surface area contributed by atoms with Crippen LogP contribution >= 0.6 is 0 Å². The molecule has 1 radical (unpaired) electrons. The Bertz CT molecular complexity index is 1450. The van der Waals surface area contributed by atoms with Gasteiger partial charge in [0.2, 0.25) is 5.91 Å². The summed E-state index contributed by atoms with van der Waals surface area (Å²) in [6, 6.07) is 31.2. The van der Waals surface area contributed by atoms with Crippen LogP contribution < -0.4 is 10.5 Å². The number of hydrogen-bond donors (Lipinski definition) is 1. The predicted molar refractivity (Wildman–Crippen MR) is 133 cm³/mol. The van der Waals surface area contributed by atoms with Crippen molar-refractivity contribution < 1.29 is 9.53 Å². The van der Waals surface area contributed by atoms with Gasteiger partial charge in [0.1, 0.15) is 11.5 Å². The lowest BCUT2D eigenvalue weighted by molar-refractivity contribution is 0.100. The number of carbonyl (C=O) groups is 1. The van der Waals surface area contributed by atoms with Gasteiger partial charge in [-0.05, 0) is 65.6 Å². The van der Waals surface area contributed by atoms with Gasteiger partial charge in [0.05, 0.1) is 11.0 Å². The first-order chi connectivity index (χ1) is 16.0. The van der Waals surface area contributed by atoms with Crippen molar-refractivity contribution >= 4 is 27.7 Å². The smallest absolute Gasteiger partial charge is 0.249 e. The van der Waals surface area contributed by atoms with Gasteiger partial charge in [0.15, 0.2) is 0 Å². The molecule has 4 nitrogen and oxygen atoms in total. The molecule has 0 spiro atoms. The minimum Gasteiger partial charge on any atom is -0.457 e. The molecule has 0 saturated carbocycles. The summed E-state index contributed by atoms with van der Waals surface area (Å²) >= 11 is 0. The van der Waals surface area contributed by atoms with Crippen molar-refractivity contribution in [1.29, 1.82) is 0 Å². The molecule has 0 aliphatic carbocycles. The second kappa shape index (κ2) is 8.47. The van der Waals surface area contributed by atoms with E-state index < -0.39 is 5.91 Å². The normalized spacial score (nSPS) is 11.4. The molecule has 1 heterocycles. The van der Waals surface area contributed by atoms with Gasteiger partial charge in [-0.15, -0.1) is 0 Å². The third kappa shape index (κ3) is 3.96. The lowest BCUT2D eigenvalue weighted by Gasteiger charge is -2.11. The summed E-state index contributed by atoms with van der Waals surface area (Å²) in [5.41, 5.74) is 10.6. The predicted octanol–water partition coefficient (Wildman–Crippen LogP) is 6.66. The van der Waals surface area contributed by atoms with E-state index in [1.54, 1.807) is 6.07 Å². The highest BCUT2D eigenvalue weighted by Crippen LogP contribution is 2.34. The van der Waals surface area contributed by atoms with Gasteiger partial charge in [0, 0.05) is 22.9 Å². The van der Waals surface area contributed by atoms with E-state index in [0.717, 1.165) is 38.9 Å². The molecule has 4 heteroatoms. The Hall–Kier alpha value is -4.05. The van der Waals surface area contributed by atoms with Crippen LogP contribution in [0.25, 0.3) is 21.8 Å². The van der Waals surface area contributed by atoms with Gasteiger partial charge in [-0.25, -0.2) is 0 Å². The molecule has 5 aromatic rings. The summed E-state index contributed by atoms with van der Waals surface area (Å²) in [5.74, 6) is 1.55. The first-order valence-corrected chi connectivity index (χ1v) is 11.1. The number of para-hydroxylation sites is 1. The van der Waals surface area contributed by atoms with Gasteiger partial charge in [-0.1, -0.05) is 56.3 Å². The van der Waals surface area contributed by atoms with Crippen molar-refractivity contribution in [1.82, 2.24) is 4.57 Å². The first kappa shape index (κ1) is 20.8. The Kier molecular flexibility index (Phi) is 5.35. The van der Waals surface area contributed by atoms with Crippen LogP contribution in [0.5, 0.6) is 11.5 Å². The summed E-state index contributed by atoms with van der Waals surface area (Å²) in [6.45, 7) is 4.99. The van der Waals surface area contributed by atoms with Gasteiger partial charge in [0.25, 0.3) is 0 Å². The van der Waals surface area contributed by atoms with Gasteiger partial charge in [-0.2, -0.15) is 0 Å². The molecule has 0 saturated heterocycles. The Balaban J connectivity index is 1.58. The average Bonchev–Trinajstić information content (AvgIpc) is 3.14. The number of benzene rings is 4. The Morgan fingerprint density at radius 1 is 0.939 bits per heavy atom. The van der Waals surface area contributed by atoms with Crippen molar-refractivity contribution in [3.8, 4) is 11.5 Å². The van der Waals surface area contributed by atoms with E-state index in [0.29, 0.717) is 18.0 Å². The second-order valence-corrected chi connectivity index (χ2v) is 8.56. The zero-order valence-electron chi connectivity index (χ0n) is 18.7. The maximum Gasteiger partial charge on any atom is 0.249 e. The molecule has 4 aromatic carbocycles. The highest BCUT2D eigenvalue weighted by Gasteiger charge is 2.17. The fourth-order valence-electron chi connectivity index (χ4n) is 4.25. The van der Waals surface area contributed by atoms with Crippen LogP contribution in [-0.4, -0.2) is 10.5 Å². The number of rotatable bonds is 6. The van der Waals surface area contributed by atoms with Gasteiger partial charge in [-0.3, -0.25) is 4.79 Å². The molecule has 0 bridgehead atoms. The third-order valence-electron chi connectivity index (χ3n) is 5.99. The number of fused-ring (bicyclic) bond motifs is 3. The van der Waals surface area contributed by atoms with Gasteiger partial charge >= 0.3 is 0 Å². The molecule has 0 fully saturated rings. The maximum atomic E-state index is 12.2. The summed E-state index contributed by atoms with van der Waals surface area (Å²) in [7, 11) is 0. The van der Waals surface area contributed by atoms with Crippen molar-refractivity contribution in [3.05, 3.63) is 108 Å². The van der Waals surface area contributed by atoms with E-state index in [1.807, 2.05) is 60.7 Å². The maximum absolute atomic E-state index is 12.2. The SMILES string of the molecule is CC(C)c1c[c]c2c3c(C(N)=O)cccc3n(Cc3ccc(Oc4ccccc4)cc3)c2c1. The van der Waals surface area contributed by atoms with Crippen LogP contribution in [0.15, 0.2) is 84.9 Å². The molecule has 0 aliphatic rings. The number of carbonyl (C=O) groups excluding carboxylic acids is 1. The number of nitrogens with zero attached hydrogens (tertiary/aromatic N) is 1. The lowest BCUT2D eigenvalue weighted by Crippen LogP contribution is -2.11. The quantitative estimate of drug-likeness (QED) is 0.326. The summed E-state index contributed by atoms with van der Waals surface area (Å²) in [6.07, 6.45) is 0. The second-order valence-electron chi connectivity index (χ2n) is 8.56. The van der Waals surface area contributed by atoms with E-state index in [4.69, 9.17) is 10.5 Å². The number of nitrogens with two attached hydrogens (primary N) is 1. The minimum absolute atomic E-state index is 0.377. The third-order valence-corrected chi connectivity index (χ3v) is 5.99. The van der Waals surface area contributed by atoms with E-state index in [2.05, 4.69) is 42.7 Å². The van der Waals surface area contributed by atoms with Crippen molar-refractivity contribution in [2.24, 2.45) is 5.73 Å². The standard InChI is InChI=1S/C29H25N2O2/c1-19(2)21-13-16-24-27(17-21)31(26-10-6-9-25(28(24)26)29(30)32)18-20-11-14-23(15-12-20)33-22-7-4-3-5-8-22/h3-15,17,19H,18H2,1-2H3,(H2,30,32). The molecule has 0 aliphatic heterocycles. The Morgan fingerprint density at radius 3 is 2.36 bits per heavy atom. The minimum atomic E-state index is -0.427. The molecule has 33 heavy (non-hydrogen) atoms. The Labute approximate surface area is 193 Å². The molecule has 1 aromatic heterocycles. The summed E-state index contributed by atoms with van der Waals surface area (Å²) < 4.78 is 8.17. The molecule has 1 amide bonds. The van der Waals surface area contributed by atoms with E-state index in [9.17, 15) is 4.79 Å². The van der Waals surface area contributed by atoms with E-state index in [1.165, 1.54) is 5.56 Å². The van der Waals surface area contributed by atoms with Crippen LogP contribution in [0.1, 0.15) is 41.3 Å². The van der Waals surface area contributed by atoms with Crippen LogP contribution in [-0.2, 0) is 6.54 Å². The molecule has 163 valence electrons. The topological polar surface area (TPSA) is 57.2 Å². The van der Waals surface area contributed by atoms with Crippen LogP contribution in [0.2, 0.25) is 0 Å². The number of ether oxygens (including phenoxy) is 1. The molecular weight excluding hydrogens is 408 g/mol. The first-order valence-electron chi connectivity index (χ1n) is 11.1. The van der Waals surface area contributed by atoms with Crippen LogP contribution in [0.4, 0.5) is 0 Å². The molecule has 2 N–H and O–H groups in total. The highest BCUT2D eigenvalue weighted by atomic mass is 16.5. The van der Waals surface area contributed by atoms with E-state index >= 15 is 0 Å². The zero-order chi connectivity index (χ0) is 22.9. The fraction of sp³-hybridized carbons (Fsp3) is 0.138. The highest BCUT2D eigenvalue weighted by molar-refractivity contribution is 6.17. The van der Waals surface area contributed by atoms with Crippen LogP contribution in [0, 0.1) is 6.07 Å². The molecule has 0 unspecified atom stereocenters. The lowest BCUT2D eigenvalue weighted by atomic mass is 10.00. The summed E-state index contributed by atoms with van der Waals surface area (Å²) in [5, 5.41) is 1.78. The average molecular weight is 434 g/mol. The number of amides is 1. The zero-order valence-corrected chi connectivity index (χ0v) is 18.7.